The number of amides is 1. The normalized spacial score (nSPS) is 11.9. The van der Waals surface area contributed by atoms with E-state index in [9.17, 15) is 4.79 Å². The van der Waals surface area contributed by atoms with E-state index in [-0.39, 0.29) is 11.2 Å². The molecule has 0 aliphatic rings. The van der Waals surface area contributed by atoms with Gasteiger partial charge in [-0.1, -0.05) is 89.8 Å². The molecule has 2 aromatic carbocycles. The second-order valence-corrected chi connectivity index (χ2v) is 9.62. The van der Waals surface area contributed by atoms with E-state index in [2.05, 4.69) is 22.4 Å². The highest BCUT2D eigenvalue weighted by molar-refractivity contribution is 8.03. The van der Waals surface area contributed by atoms with Gasteiger partial charge in [0, 0.05) is 11.4 Å². The van der Waals surface area contributed by atoms with Gasteiger partial charge in [0.05, 0.1) is 0 Å². The van der Waals surface area contributed by atoms with Crippen molar-refractivity contribution in [3.05, 3.63) is 65.7 Å². The van der Waals surface area contributed by atoms with Gasteiger partial charge in [-0.05, 0) is 31.0 Å². The summed E-state index contributed by atoms with van der Waals surface area (Å²) in [6.45, 7) is 4.17. The Morgan fingerprint density at radius 3 is 2.48 bits per heavy atom. The molecule has 1 amide bonds. The lowest BCUT2D eigenvalue weighted by molar-refractivity contribution is -0.115. The molecule has 0 saturated carbocycles. The van der Waals surface area contributed by atoms with Crippen LogP contribution in [0, 0.1) is 6.92 Å². The van der Waals surface area contributed by atoms with Crippen LogP contribution < -0.4 is 5.32 Å². The highest BCUT2D eigenvalue weighted by Gasteiger charge is 2.24. The minimum Gasteiger partial charge on any atom is -0.325 e. The summed E-state index contributed by atoms with van der Waals surface area (Å²) >= 11 is 4.70. The lowest BCUT2D eigenvalue weighted by Crippen LogP contribution is -2.19. The molecule has 0 saturated heterocycles. The molecule has 0 unspecified atom stereocenters. The van der Waals surface area contributed by atoms with Gasteiger partial charge >= 0.3 is 0 Å². The van der Waals surface area contributed by atoms with Crippen molar-refractivity contribution < 1.29 is 4.79 Å². The van der Waals surface area contributed by atoms with Crippen molar-refractivity contribution in [3.63, 3.8) is 0 Å². The largest absolute Gasteiger partial charge is 0.325 e. The fourth-order valence-corrected chi connectivity index (χ4v) is 5.48. The molecule has 7 heteroatoms. The Kier molecular flexibility index (Phi) is 7.32. The predicted molar refractivity (Wildman–Crippen MR) is 116 cm³/mol. The summed E-state index contributed by atoms with van der Waals surface area (Å²) in [5, 5.41) is 11.1. The van der Waals surface area contributed by atoms with Crippen LogP contribution in [0.3, 0.4) is 0 Å². The Morgan fingerprint density at radius 2 is 1.78 bits per heavy atom. The first-order valence-electron chi connectivity index (χ1n) is 8.71. The molecular formula is C20H21N3OS3. The van der Waals surface area contributed by atoms with Crippen LogP contribution in [0.2, 0.25) is 0 Å². The first kappa shape index (κ1) is 19.9. The SMILES string of the molecule is CCCSc1nnc(S[C@H](C(=O)Nc2ccc(C)cc2)c2ccccc2)s1. The van der Waals surface area contributed by atoms with Crippen LogP contribution in [0.15, 0.2) is 63.3 Å². The molecule has 1 atom stereocenters. The van der Waals surface area contributed by atoms with Crippen molar-refractivity contribution in [1.29, 1.82) is 0 Å². The predicted octanol–water partition coefficient (Wildman–Crippen LogP) is 5.82. The summed E-state index contributed by atoms with van der Waals surface area (Å²) in [4.78, 5) is 13.0. The number of aromatic nitrogens is 2. The first-order chi connectivity index (χ1) is 13.2. The van der Waals surface area contributed by atoms with Crippen molar-refractivity contribution in [2.24, 2.45) is 0 Å². The number of carbonyl (C=O) groups is 1. The monoisotopic (exact) mass is 415 g/mol. The summed E-state index contributed by atoms with van der Waals surface area (Å²) < 4.78 is 1.76. The Labute approximate surface area is 172 Å². The summed E-state index contributed by atoms with van der Waals surface area (Å²) in [5.41, 5.74) is 2.90. The molecule has 0 aliphatic heterocycles. The van der Waals surface area contributed by atoms with E-state index < -0.39 is 0 Å². The van der Waals surface area contributed by atoms with Crippen LogP contribution >= 0.6 is 34.9 Å². The van der Waals surface area contributed by atoms with E-state index in [1.165, 1.54) is 11.8 Å². The van der Waals surface area contributed by atoms with Crippen LogP contribution in [-0.4, -0.2) is 21.9 Å². The topological polar surface area (TPSA) is 54.9 Å². The molecule has 27 heavy (non-hydrogen) atoms. The number of anilines is 1. The molecule has 3 aromatic rings. The van der Waals surface area contributed by atoms with Gasteiger partial charge in [0.1, 0.15) is 5.25 Å². The molecule has 0 fully saturated rings. The quantitative estimate of drug-likeness (QED) is 0.470. The van der Waals surface area contributed by atoms with E-state index in [0.29, 0.717) is 0 Å². The van der Waals surface area contributed by atoms with Gasteiger partial charge in [-0.25, -0.2) is 0 Å². The van der Waals surface area contributed by atoms with Crippen LogP contribution in [0.4, 0.5) is 5.69 Å². The number of benzene rings is 2. The number of nitrogens with zero attached hydrogens (tertiary/aromatic N) is 2. The van der Waals surface area contributed by atoms with Crippen LogP contribution in [-0.2, 0) is 4.79 Å². The number of rotatable bonds is 8. The summed E-state index contributed by atoms with van der Waals surface area (Å²) in [6, 6.07) is 17.6. The average Bonchev–Trinajstić information content (AvgIpc) is 3.14. The zero-order valence-corrected chi connectivity index (χ0v) is 17.7. The molecule has 0 bridgehead atoms. The van der Waals surface area contributed by atoms with Crippen molar-refractivity contribution in [2.45, 2.75) is 34.2 Å². The molecule has 1 aromatic heterocycles. The number of aryl methyl sites for hydroxylation is 1. The van der Waals surface area contributed by atoms with E-state index in [1.807, 2.05) is 61.5 Å². The van der Waals surface area contributed by atoms with E-state index in [1.54, 1.807) is 23.1 Å². The molecule has 0 aliphatic carbocycles. The van der Waals surface area contributed by atoms with Crippen LogP contribution in [0.5, 0.6) is 0 Å². The van der Waals surface area contributed by atoms with Crippen molar-refractivity contribution in [3.8, 4) is 0 Å². The number of hydrogen-bond acceptors (Lipinski definition) is 6. The Balaban J connectivity index is 1.77. The molecule has 140 valence electrons. The Hall–Kier alpha value is -1.83. The molecule has 1 heterocycles. The van der Waals surface area contributed by atoms with Gasteiger partial charge in [-0.3, -0.25) is 4.79 Å². The Morgan fingerprint density at radius 1 is 1.07 bits per heavy atom. The lowest BCUT2D eigenvalue weighted by atomic mass is 10.1. The fourth-order valence-electron chi connectivity index (χ4n) is 2.34. The zero-order valence-electron chi connectivity index (χ0n) is 15.2. The molecule has 0 spiro atoms. The maximum Gasteiger partial charge on any atom is 0.242 e. The van der Waals surface area contributed by atoms with Gasteiger partial charge in [0.25, 0.3) is 0 Å². The summed E-state index contributed by atoms with van der Waals surface area (Å²) in [7, 11) is 0. The minimum absolute atomic E-state index is 0.0620. The van der Waals surface area contributed by atoms with E-state index in [0.717, 1.165) is 37.7 Å². The number of nitrogens with one attached hydrogen (secondary N) is 1. The highest BCUT2D eigenvalue weighted by atomic mass is 32.2. The average molecular weight is 416 g/mol. The molecule has 4 nitrogen and oxygen atoms in total. The third kappa shape index (κ3) is 5.82. The van der Waals surface area contributed by atoms with Crippen molar-refractivity contribution >= 4 is 46.5 Å². The number of thioether (sulfide) groups is 2. The molecule has 1 N–H and O–H groups in total. The smallest absolute Gasteiger partial charge is 0.242 e. The standard InChI is InChI=1S/C20H21N3OS3/c1-3-13-25-19-22-23-20(27-19)26-17(15-7-5-4-6-8-15)18(24)21-16-11-9-14(2)10-12-16/h4-12,17H,3,13H2,1-2H3,(H,21,24)/t17-/m0/s1. The van der Waals surface area contributed by atoms with Gasteiger partial charge in [-0.15, -0.1) is 10.2 Å². The minimum atomic E-state index is -0.385. The molecule has 0 radical (unpaired) electrons. The first-order valence-corrected chi connectivity index (χ1v) is 11.4. The number of carbonyl (C=O) groups excluding carboxylic acids is 1. The second-order valence-electron chi connectivity index (χ2n) is 5.95. The highest BCUT2D eigenvalue weighted by Crippen LogP contribution is 2.39. The summed E-state index contributed by atoms with van der Waals surface area (Å²) in [5.74, 6) is 0.961. The van der Waals surface area contributed by atoms with Gasteiger partial charge in [0.15, 0.2) is 8.68 Å². The van der Waals surface area contributed by atoms with Crippen LogP contribution in [0.1, 0.15) is 29.7 Å². The van der Waals surface area contributed by atoms with E-state index >= 15 is 0 Å². The zero-order chi connectivity index (χ0) is 19.1. The van der Waals surface area contributed by atoms with E-state index in [4.69, 9.17) is 0 Å². The summed E-state index contributed by atoms with van der Waals surface area (Å²) in [6.07, 6.45) is 1.10. The van der Waals surface area contributed by atoms with Gasteiger partial charge in [-0.2, -0.15) is 0 Å². The fraction of sp³-hybridized carbons (Fsp3) is 0.250. The molecular weight excluding hydrogens is 394 g/mol. The maximum atomic E-state index is 13.0. The third-order valence-corrected chi connectivity index (χ3v) is 7.30. The third-order valence-electron chi connectivity index (χ3n) is 3.70. The van der Waals surface area contributed by atoms with Crippen molar-refractivity contribution in [1.82, 2.24) is 10.2 Å². The number of hydrogen-bond donors (Lipinski definition) is 1. The van der Waals surface area contributed by atoms with Gasteiger partial charge in [0.2, 0.25) is 5.91 Å². The Bertz CT molecular complexity index is 866. The maximum absolute atomic E-state index is 13.0. The van der Waals surface area contributed by atoms with Crippen LogP contribution in [0.25, 0.3) is 0 Å². The second kappa shape index (κ2) is 9.92. The van der Waals surface area contributed by atoms with Gasteiger partial charge < -0.3 is 5.32 Å². The molecule has 3 rings (SSSR count). The lowest BCUT2D eigenvalue weighted by Gasteiger charge is -2.15. The van der Waals surface area contributed by atoms with Crippen molar-refractivity contribution in [2.75, 3.05) is 11.1 Å².